The average Bonchev–Trinajstić information content (AvgIpc) is 3.07. The molecule has 4 aliphatic carbocycles. The molecule has 0 saturated heterocycles. The van der Waals surface area contributed by atoms with Crippen LogP contribution in [0.3, 0.4) is 0 Å². The van der Waals surface area contributed by atoms with Crippen molar-refractivity contribution in [2.45, 2.75) is 96.7 Å². The van der Waals surface area contributed by atoms with Gasteiger partial charge in [-0.2, -0.15) is 0 Å². The van der Waals surface area contributed by atoms with Gasteiger partial charge in [0.25, 0.3) is 0 Å². The van der Waals surface area contributed by atoms with Gasteiger partial charge in [-0.15, -0.1) is 0 Å². The van der Waals surface area contributed by atoms with Crippen molar-refractivity contribution in [3.63, 3.8) is 0 Å². The van der Waals surface area contributed by atoms with E-state index in [1.54, 1.807) is 0 Å². The molecule has 3 nitrogen and oxygen atoms in total. The van der Waals surface area contributed by atoms with Crippen LogP contribution in [0.1, 0.15) is 91.9 Å². The predicted octanol–water partition coefficient (Wildman–Crippen LogP) is 6.57. The molecule has 0 amide bonds. The zero-order chi connectivity index (χ0) is 21.7. The number of carbonyl (C=O) groups is 2. The van der Waals surface area contributed by atoms with Crippen LogP contribution in [-0.2, 0) is 14.3 Å². The third kappa shape index (κ3) is 3.61. The van der Waals surface area contributed by atoms with Gasteiger partial charge in [0.1, 0.15) is 5.78 Å². The van der Waals surface area contributed by atoms with Crippen LogP contribution in [0.4, 0.5) is 0 Å². The Morgan fingerprint density at radius 2 is 1.77 bits per heavy atom. The zero-order valence-electron chi connectivity index (χ0n) is 19.4. The lowest BCUT2D eigenvalue weighted by molar-refractivity contribution is -0.143. The normalized spacial score (nSPS) is 46.5. The number of hydrogen-bond acceptors (Lipinski definition) is 3. The third-order valence-electron chi connectivity index (χ3n) is 10.4. The molecule has 0 aromatic heterocycles. The molecule has 170 valence electrons. The molecule has 0 N–H and O–H groups in total. The van der Waals surface area contributed by atoms with E-state index in [9.17, 15) is 9.59 Å². The zero-order valence-corrected chi connectivity index (χ0v) is 21.0. The summed E-state index contributed by atoms with van der Waals surface area (Å²) in [4.78, 5) is 24.3. The molecule has 30 heavy (non-hydrogen) atoms. The van der Waals surface area contributed by atoms with Gasteiger partial charge in [-0.25, -0.2) is 0 Å². The van der Waals surface area contributed by atoms with E-state index in [2.05, 4.69) is 36.7 Å². The summed E-state index contributed by atoms with van der Waals surface area (Å²) in [5, 5.41) is 0. The number of ether oxygens (including phenoxy) is 1. The van der Waals surface area contributed by atoms with E-state index in [0.717, 1.165) is 42.9 Å². The number of alkyl halides is 1. The van der Waals surface area contributed by atoms with Crippen molar-refractivity contribution in [3.05, 3.63) is 0 Å². The summed E-state index contributed by atoms with van der Waals surface area (Å²) < 4.78 is 5.17. The smallest absolute Gasteiger partial charge is 0.305 e. The van der Waals surface area contributed by atoms with E-state index in [0.29, 0.717) is 41.5 Å². The molecule has 0 aliphatic heterocycles. The summed E-state index contributed by atoms with van der Waals surface area (Å²) in [6, 6.07) is 0. The molecule has 4 rings (SSSR count). The Hall–Kier alpha value is -0.380. The van der Waals surface area contributed by atoms with Gasteiger partial charge >= 0.3 is 5.97 Å². The van der Waals surface area contributed by atoms with Crippen LogP contribution in [0.15, 0.2) is 0 Å². The SMILES string of the molecule is CCOC(=O)CCC(C)[C@H]1CC[C@H]2[C@@H]3CC[C@@H]4C(Br)C(=O)CC[C@]4(C)[C@H]3CC[C@]12C. The number of ketones is 1. The monoisotopic (exact) mass is 480 g/mol. The topological polar surface area (TPSA) is 43.4 Å². The maximum absolute atomic E-state index is 12.4. The van der Waals surface area contributed by atoms with Crippen LogP contribution in [0.25, 0.3) is 0 Å². The lowest BCUT2D eigenvalue weighted by Gasteiger charge is -2.61. The number of Topliss-reactive ketones (excluding diaryl/α,β-unsaturated/α-hetero) is 1. The summed E-state index contributed by atoms with van der Waals surface area (Å²) in [5.41, 5.74) is 0.761. The second-order valence-electron chi connectivity index (χ2n) is 11.5. The van der Waals surface area contributed by atoms with Gasteiger partial charge in [-0.1, -0.05) is 36.7 Å². The van der Waals surface area contributed by atoms with E-state index in [-0.39, 0.29) is 10.8 Å². The van der Waals surface area contributed by atoms with Gasteiger partial charge < -0.3 is 4.74 Å². The third-order valence-corrected chi connectivity index (χ3v) is 11.5. The Balaban J connectivity index is 1.47. The molecule has 2 unspecified atom stereocenters. The lowest BCUT2D eigenvalue weighted by Crippen LogP contribution is -2.56. The summed E-state index contributed by atoms with van der Waals surface area (Å²) in [6.45, 7) is 9.85. The summed E-state index contributed by atoms with van der Waals surface area (Å²) >= 11 is 3.80. The maximum Gasteiger partial charge on any atom is 0.305 e. The van der Waals surface area contributed by atoms with E-state index < -0.39 is 0 Å². The molecular weight excluding hydrogens is 440 g/mol. The first kappa shape index (κ1) is 22.8. The highest BCUT2D eigenvalue weighted by Gasteiger charge is 2.61. The molecule has 0 spiro atoms. The molecule has 0 aromatic rings. The van der Waals surface area contributed by atoms with Crippen molar-refractivity contribution in [3.8, 4) is 0 Å². The summed E-state index contributed by atoms with van der Waals surface area (Å²) in [7, 11) is 0. The molecule has 4 heteroatoms. The minimum Gasteiger partial charge on any atom is -0.466 e. The second-order valence-corrected chi connectivity index (χ2v) is 12.5. The second kappa shape index (κ2) is 8.52. The van der Waals surface area contributed by atoms with E-state index >= 15 is 0 Å². The highest BCUT2D eigenvalue weighted by molar-refractivity contribution is 9.10. The van der Waals surface area contributed by atoms with Crippen molar-refractivity contribution in [2.24, 2.45) is 46.3 Å². The summed E-state index contributed by atoms with van der Waals surface area (Å²) in [5.74, 6) is 4.72. The fourth-order valence-electron chi connectivity index (χ4n) is 8.85. The van der Waals surface area contributed by atoms with Gasteiger partial charge in [0.05, 0.1) is 11.4 Å². The quantitative estimate of drug-likeness (QED) is 0.330. The first-order valence-electron chi connectivity index (χ1n) is 12.5. The first-order valence-corrected chi connectivity index (χ1v) is 13.5. The molecule has 9 atom stereocenters. The van der Waals surface area contributed by atoms with Gasteiger partial charge in [0.15, 0.2) is 0 Å². The minimum atomic E-state index is -0.0322. The highest BCUT2D eigenvalue weighted by Crippen LogP contribution is 2.68. The minimum absolute atomic E-state index is 0.0322. The van der Waals surface area contributed by atoms with Crippen molar-refractivity contribution < 1.29 is 14.3 Å². The maximum atomic E-state index is 12.4. The van der Waals surface area contributed by atoms with Crippen molar-refractivity contribution in [2.75, 3.05) is 6.61 Å². The average molecular weight is 482 g/mol. The van der Waals surface area contributed by atoms with Crippen LogP contribution in [0.2, 0.25) is 0 Å². The number of esters is 1. The Kier molecular flexibility index (Phi) is 6.48. The highest BCUT2D eigenvalue weighted by atomic mass is 79.9. The van der Waals surface area contributed by atoms with E-state index in [4.69, 9.17) is 4.74 Å². The first-order chi connectivity index (χ1) is 14.2. The van der Waals surface area contributed by atoms with Gasteiger partial charge in [-0.3, -0.25) is 9.59 Å². The Morgan fingerprint density at radius 1 is 1.07 bits per heavy atom. The largest absolute Gasteiger partial charge is 0.466 e. The van der Waals surface area contributed by atoms with Crippen LogP contribution in [-0.4, -0.2) is 23.2 Å². The Labute approximate surface area is 191 Å². The number of fused-ring (bicyclic) bond motifs is 5. The molecule has 0 heterocycles. The fourth-order valence-corrected chi connectivity index (χ4v) is 9.94. The standard InChI is InChI=1S/C26H41BrO3/c1-5-30-23(29)11-6-16(2)18-9-10-19-17-7-8-21-24(27)22(28)13-15-26(21,4)20(17)12-14-25(18,19)3/h16-21,24H,5-15H2,1-4H3/t16?,17-,18+,19-,20-,21+,24?,25+,26+/m0/s1. The molecule has 0 radical (unpaired) electrons. The van der Waals surface area contributed by atoms with Crippen molar-refractivity contribution in [1.29, 1.82) is 0 Å². The van der Waals surface area contributed by atoms with Crippen LogP contribution in [0.5, 0.6) is 0 Å². The van der Waals surface area contributed by atoms with Gasteiger partial charge in [0.2, 0.25) is 0 Å². The molecule has 4 fully saturated rings. The lowest BCUT2D eigenvalue weighted by atomic mass is 9.44. The van der Waals surface area contributed by atoms with Crippen LogP contribution < -0.4 is 0 Å². The van der Waals surface area contributed by atoms with Gasteiger partial charge in [0, 0.05) is 12.8 Å². The predicted molar refractivity (Wildman–Crippen MR) is 123 cm³/mol. The van der Waals surface area contributed by atoms with Crippen molar-refractivity contribution >= 4 is 27.7 Å². The molecule has 4 aliphatic rings. The molecular formula is C26H41BrO3. The van der Waals surface area contributed by atoms with E-state index in [1.807, 2.05) is 6.92 Å². The van der Waals surface area contributed by atoms with Crippen molar-refractivity contribution in [1.82, 2.24) is 0 Å². The Morgan fingerprint density at radius 3 is 2.50 bits per heavy atom. The molecule has 0 bridgehead atoms. The number of carbonyl (C=O) groups excluding carboxylic acids is 2. The van der Waals surface area contributed by atoms with E-state index in [1.165, 1.54) is 38.5 Å². The molecule has 4 saturated carbocycles. The fraction of sp³-hybridized carbons (Fsp3) is 0.923. The van der Waals surface area contributed by atoms with Crippen LogP contribution >= 0.6 is 15.9 Å². The Bertz CT molecular complexity index is 677. The number of halogens is 1. The number of rotatable bonds is 5. The molecule has 0 aromatic carbocycles. The summed E-state index contributed by atoms with van der Waals surface area (Å²) in [6.07, 6.45) is 11.3. The number of hydrogen-bond donors (Lipinski definition) is 0. The van der Waals surface area contributed by atoms with Gasteiger partial charge in [-0.05, 0) is 105 Å². The van der Waals surface area contributed by atoms with Crippen LogP contribution in [0, 0.1) is 46.3 Å².